The van der Waals surface area contributed by atoms with Gasteiger partial charge in [0.1, 0.15) is 5.82 Å². The molecular formula is C23H25N5O. The number of piperidine rings is 1. The quantitative estimate of drug-likeness (QED) is 0.574. The number of hydrogen-bond donors (Lipinski definition) is 1. The van der Waals surface area contributed by atoms with Gasteiger partial charge in [0.05, 0.1) is 11.0 Å². The summed E-state index contributed by atoms with van der Waals surface area (Å²) in [6.07, 6.45) is 4.07. The van der Waals surface area contributed by atoms with Crippen LogP contribution in [0.25, 0.3) is 33.3 Å². The molecule has 1 amide bonds. The molecule has 29 heavy (non-hydrogen) atoms. The smallest absolute Gasteiger partial charge is 0.253 e. The fourth-order valence-corrected chi connectivity index (χ4v) is 4.46. The van der Waals surface area contributed by atoms with E-state index in [1.54, 1.807) is 0 Å². The molecule has 0 saturated carbocycles. The molecule has 1 fully saturated rings. The van der Waals surface area contributed by atoms with E-state index in [4.69, 9.17) is 10.7 Å². The molecule has 2 aromatic carbocycles. The maximum Gasteiger partial charge on any atom is 0.253 e. The molecule has 2 aromatic heterocycles. The summed E-state index contributed by atoms with van der Waals surface area (Å²) in [6, 6.07) is 14.2. The van der Waals surface area contributed by atoms with Crippen molar-refractivity contribution >= 4 is 27.8 Å². The van der Waals surface area contributed by atoms with Crippen molar-refractivity contribution in [3.8, 4) is 11.4 Å². The van der Waals surface area contributed by atoms with E-state index in [-0.39, 0.29) is 11.9 Å². The standard InChI is InChI=1S/C23H25N5O/c1-26-14-18(17-7-3-4-8-20(17)26)22-25-19-10-9-15(12-21(19)27(22)2)23(29)28-11-5-6-16(24)13-28/h3-4,7-10,12,14,16H,5-6,11,13,24H2,1-2H3. The van der Waals surface area contributed by atoms with Gasteiger partial charge in [0.15, 0.2) is 0 Å². The van der Waals surface area contributed by atoms with Gasteiger partial charge in [-0.1, -0.05) is 18.2 Å². The fourth-order valence-electron chi connectivity index (χ4n) is 4.46. The Morgan fingerprint density at radius 3 is 2.79 bits per heavy atom. The third-order valence-corrected chi connectivity index (χ3v) is 6.01. The van der Waals surface area contributed by atoms with Crippen LogP contribution in [0.5, 0.6) is 0 Å². The monoisotopic (exact) mass is 387 g/mol. The Bertz CT molecular complexity index is 1240. The van der Waals surface area contributed by atoms with E-state index in [0.717, 1.165) is 41.8 Å². The second kappa shape index (κ2) is 6.74. The molecule has 3 heterocycles. The summed E-state index contributed by atoms with van der Waals surface area (Å²) in [7, 11) is 4.06. The molecule has 0 radical (unpaired) electrons. The molecular weight excluding hydrogens is 362 g/mol. The van der Waals surface area contributed by atoms with Crippen LogP contribution in [-0.2, 0) is 14.1 Å². The van der Waals surface area contributed by atoms with Gasteiger partial charge < -0.3 is 19.8 Å². The maximum atomic E-state index is 13.0. The number of nitrogens with two attached hydrogens (primary N) is 1. The summed E-state index contributed by atoms with van der Waals surface area (Å²) in [4.78, 5) is 19.7. The van der Waals surface area contributed by atoms with Gasteiger partial charge >= 0.3 is 0 Å². The molecule has 148 valence electrons. The molecule has 2 N–H and O–H groups in total. The molecule has 1 atom stereocenters. The maximum absolute atomic E-state index is 13.0. The molecule has 1 aliphatic rings. The summed E-state index contributed by atoms with van der Waals surface area (Å²) in [5, 5.41) is 1.17. The van der Waals surface area contributed by atoms with Crippen molar-refractivity contribution in [3.05, 3.63) is 54.2 Å². The fraction of sp³-hybridized carbons (Fsp3) is 0.304. The number of rotatable bonds is 2. The highest BCUT2D eigenvalue weighted by atomic mass is 16.2. The molecule has 1 saturated heterocycles. The number of amides is 1. The SMILES string of the molecule is Cn1cc(-c2nc3ccc(C(=O)N4CCCC(N)C4)cc3n2C)c2ccccc21. The number of nitrogens with zero attached hydrogens (tertiary/aromatic N) is 4. The number of likely N-dealkylation sites (tertiary alicyclic amines) is 1. The van der Waals surface area contributed by atoms with Crippen molar-refractivity contribution in [2.24, 2.45) is 19.8 Å². The normalized spacial score (nSPS) is 17.3. The second-order valence-electron chi connectivity index (χ2n) is 8.02. The highest BCUT2D eigenvalue weighted by Crippen LogP contribution is 2.31. The Hall–Kier alpha value is -3.12. The second-order valence-corrected chi connectivity index (χ2v) is 8.02. The van der Waals surface area contributed by atoms with Gasteiger partial charge in [-0.05, 0) is 37.1 Å². The van der Waals surface area contributed by atoms with Gasteiger partial charge in [-0.25, -0.2) is 4.98 Å². The Morgan fingerprint density at radius 1 is 1.14 bits per heavy atom. The highest BCUT2D eigenvalue weighted by Gasteiger charge is 2.23. The van der Waals surface area contributed by atoms with Crippen LogP contribution in [0.15, 0.2) is 48.7 Å². The van der Waals surface area contributed by atoms with Crippen molar-refractivity contribution in [2.45, 2.75) is 18.9 Å². The molecule has 4 aromatic rings. The average Bonchev–Trinajstić information content (AvgIpc) is 3.24. The number of fused-ring (bicyclic) bond motifs is 2. The van der Waals surface area contributed by atoms with Crippen LogP contribution >= 0.6 is 0 Å². The molecule has 5 rings (SSSR count). The topological polar surface area (TPSA) is 69.1 Å². The Kier molecular flexibility index (Phi) is 4.17. The first-order chi connectivity index (χ1) is 14.0. The first-order valence-electron chi connectivity index (χ1n) is 10.1. The molecule has 1 aliphatic heterocycles. The van der Waals surface area contributed by atoms with E-state index in [0.29, 0.717) is 12.1 Å². The third-order valence-electron chi connectivity index (χ3n) is 6.01. The summed E-state index contributed by atoms with van der Waals surface area (Å²) >= 11 is 0. The van der Waals surface area contributed by atoms with E-state index in [1.165, 1.54) is 10.9 Å². The number of para-hydroxylation sites is 1. The van der Waals surface area contributed by atoms with Gasteiger partial charge in [-0.3, -0.25) is 4.79 Å². The Balaban J connectivity index is 1.58. The molecule has 1 unspecified atom stereocenters. The van der Waals surface area contributed by atoms with Crippen LogP contribution in [0.4, 0.5) is 0 Å². The number of imidazole rings is 1. The van der Waals surface area contributed by atoms with Crippen LogP contribution in [-0.4, -0.2) is 44.1 Å². The average molecular weight is 387 g/mol. The minimum atomic E-state index is 0.0509. The molecule has 0 aliphatic carbocycles. The zero-order valence-corrected chi connectivity index (χ0v) is 16.8. The van der Waals surface area contributed by atoms with Crippen LogP contribution in [0.2, 0.25) is 0 Å². The van der Waals surface area contributed by atoms with Crippen molar-refractivity contribution in [2.75, 3.05) is 13.1 Å². The van der Waals surface area contributed by atoms with Crippen LogP contribution < -0.4 is 5.73 Å². The lowest BCUT2D eigenvalue weighted by Gasteiger charge is -2.30. The van der Waals surface area contributed by atoms with Gasteiger partial charge in [0.25, 0.3) is 5.91 Å². The number of carbonyl (C=O) groups is 1. The van der Waals surface area contributed by atoms with E-state index in [9.17, 15) is 4.79 Å². The lowest BCUT2D eigenvalue weighted by molar-refractivity contribution is 0.0709. The van der Waals surface area contributed by atoms with Gasteiger partial charge in [-0.2, -0.15) is 0 Å². The van der Waals surface area contributed by atoms with Crippen molar-refractivity contribution in [1.82, 2.24) is 19.0 Å². The summed E-state index contributed by atoms with van der Waals surface area (Å²) in [5.74, 6) is 0.955. The predicted octanol–water partition coefficient (Wildman–Crippen LogP) is 3.30. The number of carbonyl (C=O) groups excluding carboxylic acids is 1. The number of benzene rings is 2. The molecule has 0 spiro atoms. The first-order valence-corrected chi connectivity index (χ1v) is 10.1. The lowest BCUT2D eigenvalue weighted by atomic mass is 10.1. The zero-order chi connectivity index (χ0) is 20.1. The van der Waals surface area contributed by atoms with E-state index in [2.05, 4.69) is 40.6 Å². The predicted molar refractivity (Wildman–Crippen MR) is 116 cm³/mol. The van der Waals surface area contributed by atoms with Crippen LogP contribution in [0.1, 0.15) is 23.2 Å². The van der Waals surface area contributed by atoms with E-state index < -0.39 is 0 Å². The Labute approximate surface area is 169 Å². The minimum Gasteiger partial charge on any atom is -0.350 e. The molecule has 6 nitrogen and oxygen atoms in total. The minimum absolute atomic E-state index is 0.0509. The Morgan fingerprint density at radius 2 is 1.97 bits per heavy atom. The molecule has 6 heteroatoms. The first kappa shape index (κ1) is 17.9. The van der Waals surface area contributed by atoms with Crippen molar-refractivity contribution in [3.63, 3.8) is 0 Å². The van der Waals surface area contributed by atoms with Gasteiger partial charge in [-0.15, -0.1) is 0 Å². The van der Waals surface area contributed by atoms with Crippen LogP contribution in [0.3, 0.4) is 0 Å². The third kappa shape index (κ3) is 2.91. The number of hydrogen-bond acceptors (Lipinski definition) is 3. The lowest BCUT2D eigenvalue weighted by Crippen LogP contribution is -2.45. The zero-order valence-electron chi connectivity index (χ0n) is 16.8. The van der Waals surface area contributed by atoms with Crippen molar-refractivity contribution in [1.29, 1.82) is 0 Å². The number of aromatic nitrogens is 3. The van der Waals surface area contributed by atoms with Gasteiger partial charge in [0.2, 0.25) is 0 Å². The largest absolute Gasteiger partial charge is 0.350 e. The van der Waals surface area contributed by atoms with Gasteiger partial charge in [0, 0.05) is 61.5 Å². The van der Waals surface area contributed by atoms with E-state index >= 15 is 0 Å². The summed E-state index contributed by atoms with van der Waals surface area (Å²) in [6.45, 7) is 1.40. The summed E-state index contributed by atoms with van der Waals surface area (Å²) in [5.41, 5.74) is 10.9. The van der Waals surface area contributed by atoms with E-state index in [1.807, 2.05) is 36.2 Å². The highest BCUT2D eigenvalue weighted by molar-refractivity contribution is 5.99. The molecule has 0 bridgehead atoms. The van der Waals surface area contributed by atoms with Crippen LogP contribution in [0, 0.1) is 0 Å². The number of aryl methyl sites for hydroxylation is 2. The summed E-state index contributed by atoms with van der Waals surface area (Å²) < 4.78 is 4.20. The van der Waals surface area contributed by atoms with Crippen molar-refractivity contribution < 1.29 is 4.79 Å².